The Labute approximate surface area is 171 Å². The highest BCUT2D eigenvalue weighted by Crippen LogP contribution is 2.32. The fourth-order valence-electron chi connectivity index (χ4n) is 2.84. The largest absolute Gasteiger partial charge is 0.497 e. The normalized spacial score (nSPS) is 14.5. The van der Waals surface area contributed by atoms with Crippen molar-refractivity contribution in [2.24, 2.45) is 11.7 Å². The highest BCUT2D eigenvalue weighted by atomic mass is 35.5. The zero-order valence-corrected chi connectivity index (χ0v) is 17.1. The van der Waals surface area contributed by atoms with E-state index in [1.54, 1.807) is 36.4 Å². The third-order valence-electron chi connectivity index (χ3n) is 4.55. The number of hydrogen-bond donors (Lipinski definition) is 3. The van der Waals surface area contributed by atoms with Gasteiger partial charge in [-0.25, -0.2) is 8.42 Å². The van der Waals surface area contributed by atoms with E-state index in [-0.39, 0.29) is 40.5 Å². The van der Waals surface area contributed by atoms with Crippen LogP contribution in [0.2, 0.25) is 0 Å². The van der Waals surface area contributed by atoms with Crippen molar-refractivity contribution in [3.05, 3.63) is 54.1 Å². The molecule has 0 aliphatic heterocycles. The zero-order valence-electron chi connectivity index (χ0n) is 15.4. The van der Waals surface area contributed by atoms with Crippen LogP contribution in [0.3, 0.4) is 0 Å². The average Bonchev–Trinajstić information content (AvgIpc) is 3.51. The molecule has 1 atom stereocenters. The molecule has 1 aliphatic carbocycles. The quantitative estimate of drug-likeness (QED) is 0.601. The molecule has 3 rings (SSSR count). The number of amides is 1. The molecular weight excluding hydrogens is 402 g/mol. The van der Waals surface area contributed by atoms with E-state index in [1.807, 2.05) is 0 Å². The minimum Gasteiger partial charge on any atom is -0.497 e. The molecule has 0 saturated heterocycles. The van der Waals surface area contributed by atoms with Crippen LogP contribution in [0.5, 0.6) is 5.75 Å². The number of hydrogen-bond acceptors (Lipinski definition) is 5. The number of para-hydroxylation sites is 1. The molecule has 28 heavy (non-hydrogen) atoms. The van der Waals surface area contributed by atoms with Gasteiger partial charge in [0.1, 0.15) is 5.75 Å². The molecule has 2 aromatic rings. The fourth-order valence-corrected chi connectivity index (χ4v) is 3.92. The first-order valence-corrected chi connectivity index (χ1v) is 10.2. The van der Waals surface area contributed by atoms with Gasteiger partial charge in [-0.15, -0.1) is 12.4 Å². The smallest absolute Gasteiger partial charge is 0.261 e. The van der Waals surface area contributed by atoms with E-state index in [0.717, 1.165) is 12.8 Å². The van der Waals surface area contributed by atoms with Crippen LogP contribution < -0.4 is 20.5 Å². The molecule has 1 amide bonds. The van der Waals surface area contributed by atoms with Crippen molar-refractivity contribution in [1.29, 1.82) is 0 Å². The van der Waals surface area contributed by atoms with Gasteiger partial charge in [0, 0.05) is 12.6 Å². The number of anilines is 1. The van der Waals surface area contributed by atoms with Crippen molar-refractivity contribution < 1.29 is 17.9 Å². The fraction of sp³-hybridized carbons (Fsp3) is 0.316. The van der Waals surface area contributed by atoms with E-state index >= 15 is 0 Å². The summed E-state index contributed by atoms with van der Waals surface area (Å²) in [5, 5.41) is 2.91. The Morgan fingerprint density at radius 1 is 1.18 bits per heavy atom. The van der Waals surface area contributed by atoms with Gasteiger partial charge in [-0.3, -0.25) is 9.52 Å². The molecule has 4 N–H and O–H groups in total. The number of halogens is 1. The van der Waals surface area contributed by atoms with E-state index in [0.29, 0.717) is 18.2 Å². The maximum atomic E-state index is 12.7. The number of methoxy groups -OCH3 is 1. The molecule has 0 aromatic heterocycles. The van der Waals surface area contributed by atoms with Gasteiger partial charge in [-0.05, 0) is 55.2 Å². The minimum absolute atomic E-state index is 0. The number of sulfonamides is 1. The second-order valence-corrected chi connectivity index (χ2v) is 8.16. The Hall–Kier alpha value is -2.29. The monoisotopic (exact) mass is 425 g/mol. The summed E-state index contributed by atoms with van der Waals surface area (Å²) in [6.45, 7) is 0.357. The Morgan fingerprint density at radius 3 is 2.39 bits per heavy atom. The summed E-state index contributed by atoms with van der Waals surface area (Å²) in [6, 6.07) is 12.4. The van der Waals surface area contributed by atoms with Crippen LogP contribution in [-0.4, -0.2) is 34.0 Å². The van der Waals surface area contributed by atoms with Gasteiger partial charge in [0.2, 0.25) is 0 Å². The number of rotatable bonds is 8. The van der Waals surface area contributed by atoms with Gasteiger partial charge in [-0.2, -0.15) is 0 Å². The molecule has 1 aliphatic rings. The lowest BCUT2D eigenvalue weighted by Crippen LogP contribution is -2.42. The predicted molar refractivity (Wildman–Crippen MR) is 111 cm³/mol. The number of nitrogens with one attached hydrogen (secondary N) is 2. The molecule has 9 heteroatoms. The first kappa shape index (κ1) is 22.0. The molecule has 0 radical (unpaired) electrons. The van der Waals surface area contributed by atoms with E-state index in [9.17, 15) is 13.2 Å². The molecule has 152 valence electrons. The minimum atomic E-state index is -3.84. The molecule has 7 nitrogen and oxygen atoms in total. The van der Waals surface area contributed by atoms with E-state index in [2.05, 4.69) is 10.0 Å². The average molecular weight is 426 g/mol. The Balaban J connectivity index is 0.00000280. The van der Waals surface area contributed by atoms with Gasteiger partial charge >= 0.3 is 0 Å². The van der Waals surface area contributed by atoms with Gasteiger partial charge in [0.05, 0.1) is 23.3 Å². The molecular formula is C19H24ClN3O4S. The topological polar surface area (TPSA) is 111 Å². The number of carbonyl (C=O) groups is 1. The van der Waals surface area contributed by atoms with Crippen LogP contribution >= 0.6 is 12.4 Å². The molecule has 1 saturated carbocycles. The van der Waals surface area contributed by atoms with Gasteiger partial charge in [0.15, 0.2) is 0 Å². The highest BCUT2D eigenvalue weighted by Gasteiger charge is 2.32. The third-order valence-corrected chi connectivity index (χ3v) is 5.93. The summed E-state index contributed by atoms with van der Waals surface area (Å²) in [5.74, 6) is 0.620. The lowest BCUT2D eigenvalue weighted by molar-refractivity contribution is 0.0934. The van der Waals surface area contributed by atoms with Crippen LogP contribution in [0.15, 0.2) is 53.4 Å². The number of benzene rings is 2. The van der Waals surface area contributed by atoms with Crippen LogP contribution in [0.25, 0.3) is 0 Å². The Kier molecular flexibility index (Phi) is 7.29. The lowest BCUT2D eigenvalue weighted by atomic mass is 10.1. The second kappa shape index (κ2) is 9.27. The van der Waals surface area contributed by atoms with Crippen molar-refractivity contribution in [1.82, 2.24) is 5.32 Å². The van der Waals surface area contributed by atoms with Crippen LogP contribution in [0, 0.1) is 5.92 Å². The first-order valence-electron chi connectivity index (χ1n) is 8.71. The van der Waals surface area contributed by atoms with Crippen LogP contribution in [0.1, 0.15) is 23.2 Å². The van der Waals surface area contributed by atoms with Crippen molar-refractivity contribution >= 4 is 34.0 Å². The Bertz CT molecular complexity index is 915. The third kappa shape index (κ3) is 5.15. The zero-order chi connectivity index (χ0) is 19.4. The molecule has 0 heterocycles. The number of nitrogens with two attached hydrogens (primary N) is 1. The van der Waals surface area contributed by atoms with Gasteiger partial charge in [0.25, 0.3) is 15.9 Å². The summed E-state index contributed by atoms with van der Waals surface area (Å²) in [6.07, 6.45) is 2.10. The summed E-state index contributed by atoms with van der Waals surface area (Å²) in [4.78, 5) is 12.7. The SMILES string of the molecule is COc1ccc(S(=O)(=O)Nc2ccccc2C(=O)NC(CN)C2CC2)cc1.Cl. The Morgan fingerprint density at radius 2 is 1.82 bits per heavy atom. The van der Waals surface area contributed by atoms with Crippen molar-refractivity contribution in [2.75, 3.05) is 18.4 Å². The molecule has 1 fully saturated rings. The standard InChI is InChI=1S/C19H23N3O4S.ClH/c1-26-14-8-10-15(11-9-14)27(24,25)22-17-5-3-2-4-16(17)19(23)21-18(12-20)13-6-7-13;/h2-5,8-11,13,18,22H,6-7,12,20H2,1H3,(H,21,23);1H. The van der Waals surface area contributed by atoms with Crippen molar-refractivity contribution in [2.45, 2.75) is 23.8 Å². The predicted octanol–water partition coefficient (Wildman–Crippen LogP) is 2.38. The summed E-state index contributed by atoms with van der Waals surface area (Å²) in [7, 11) is -2.34. The van der Waals surface area contributed by atoms with Gasteiger partial charge in [-0.1, -0.05) is 12.1 Å². The van der Waals surface area contributed by atoms with E-state index in [1.165, 1.54) is 19.2 Å². The van der Waals surface area contributed by atoms with Crippen LogP contribution in [-0.2, 0) is 10.0 Å². The van der Waals surface area contributed by atoms with Crippen molar-refractivity contribution in [3.8, 4) is 5.75 Å². The second-order valence-electron chi connectivity index (χ2n) is 6.48. The van der Waals surface area contributed by atoms with E-state index < -0.39 is 10.0 Å². The summed E-state index contributed by atoms with van der Waals surface area (Å²) >= 11 is 0. The molecule has 2 aromatic carbocycles. The van der Waals surface area contributed by atoms with Crippen LogP contribution in [0.4, 0.5) is 5.69 Å². The first-order chi connectivity index (χ1) is 12.9. The maximum Gasteiger partial charge on any atom is 0.261 e. The summed E-state index contributed by atoms with van der Waals surface area (Å²) in [5.41, 5.74) is 6.22. The van der Waals surface area contributed by atoms with E-state index in [4.69, 9.17) is 10.5 Å². The maximum absolute atomic E-state index is 12.7. The lowest BCUT2D eigenvalue weighted by Gasteiger charge is -2.18. The number of ether oxygens (including phenoxy) is 1. The highest BCUT2D eigenvalue weighted by molar-refractivity contribution is 7.92. The van der Waals surface area contributed by atoms with Gasteiger partial charge < -0.3 is 15.8 Å². The van der Waals surface area contributed by atoms with Crippen molar-refractivity contribution in [3.63, 3.8) is 0 Å². The molecule has 0 spiro atoms. The molecule has 0 bridgehead atoms. The number of carbonyl (C=O) groups excluding carboxylic acids is 1. The summed E-state index contributed by atoms with van der Waals surface area (Å²) < 4.78 is 32.9. The molecule has 1 unspecified atom stereocenters.